The molecule has 0 atom stereocenters. The van der Waals surface area contributed by atoms with Gasteiger partial charge in [0.1, 0.15) is 5.82 Å². The molecule has 1 heterocycles. The SMILES string of the molecule is CCCCCCCCCCCCCc1nc(N)nc(-c2ccccc2)n1. The van der Waals surface area contributed by atoms with Crippen molar-refractivity contribution in [2.75, 3.05) is 5.73 Å². The maximum Gasteiger partial charge on any atom is 0.223 e. The molecule has 0 bridgehead atoms. The van der Waals surface area contributed by atoms with Crippen molar-refractivity contribution in [2.24, 2.45) is 0 Å². The third-order valence-electron chi connectivity index (χ3n) is 4.73. The molecule has 4 heteroatoms. The highest BCUT2D eigenvalue weighted by atomic mass is 15.1. The van der Waals surface area contributed by atoms with Crippen molar-refractivity contribution in [3.63, 3.8) is 0 Å². The van der Waals surface area contributed by atoms with Gasteiger partial charge in [-0.15, -0.1) is 0 Å². The van der Waals surface area contributed by atoms with Crippen molar-refractivity contribution in [1.29, 1.82) is 0 Å². The topological polar surface area (TPSA) is 64.7 Å². The van der Waals surface area contributed by atoms with Crippen LogP contribution >= 0.6 is 0 Å². The highest BCUT2D eigenvalue weighted by molar-refractivity contribution is 5.55. The van der Waals surface area contributed by atoms with Gasteiger partial charge in [0.2, 0.25) is 5.95 Å². The summed E-state index contributed by atoms with van der Waals surface area (Å²) in [4.78, 5) is 13.1. The summed E-state index contributed by atoms with van der Waals surface area (Å²) in [5.74, 6) is 1.81. The van der Waals surface area contributed by atoms with Gasteiger partial charge in [-0.05, 0) is 6.42 Å². The summed E-state index contributed by atoms with van der Waals surface area (Å²) in [5, 5.41) is 0. The smallest absolute Gasteiger partial charge is 0.223 e. The normalized spacial score (nSPS) is 11.0. The molecular formula is C22H34N4. The molecular weight excluding hydrogens is 320 g/mol. The Hall–Kier alpha value is -1.97. The third kappa shape index (κ3) is 7.94. The fourth-order valence-electron chi connectivity index (χ4n) is 3.21. The number of anilines is 1. The molecule has 0 saturated carbocycles. The molecule has 0 unspecified atom stereocenters. The Balaban J connectivity index is 1.62. The fraction of sp³-hybridized carbons (Fsp3) is 0.591. The number of nitrogen functional groups attached to an aromatic ring is 1. The van der Waals surface area contributed by atoms with Gasteiger partial charge in [-0.25, -0.2) is 4.98 Å². The summed E-state index contributed by atoms with van der Waals surface area (Å²) >= 11 is 0. The third-order valence-corrected chi connectivity index (χ3v) is 4.73. The van der Waals surface area contributed by atoms with Gasteiger partial charge in [0.25, 0.3) is 0 Å². The summed E-state index contributed by atoms with van der Waals surface area (Å²) in [6, 6.07) is 9.96. The Morgan fingerprint density at radius 1 is 0.692 bits per heavy atom. The number of aromatic nitrogens is 3. The van der Waals surface area contributed by atoms with E-state index >= 15 is 0 Å². The number of hydrogen-bond donors (Lipinski definition) is 1. The van der Waals surface area contributed by atoms with Crippen molar-refractivity contribution in [3.05, 3.63) is 36.2 Å². The van der Waals surface area contributed by atoms with Crippen molar-refractivity contribution >= 4 is 5.95 Å². The Morgan fingerprint density at radius 3 is 1.88 bits per heavy atom. The Morgan fingerprint density at radius 2 is 1.27 bits per heavy atom. The van der Waals surface area contributed by atoms with E-state index in [0.717, 1.165) is 24.2 Å². The molecule has 0 spiro atoms. The standard InChI is InChI=1S/C22H34N4/c1-2-3-4-5-6-7-8-9-10-11-15-18-20-24-21(26-22(23)25-20)19-16-13-12-14-17-19/h12-14,16-17H,2-11,15,18H2,1H3,(H2,23,24,25,26). The summed E-state index contributed by atoms with van der Waals surface area (Å²) in [6.45, 7) is 2.27. The largest absolute Gasteiger partial charge is 0.368 e. The monoisotopic (exact) mass is 354 g/mol. The van der Waals surface area contributed by atoms with Crippen LogP contribution in [0.4, 0.5) is 5.95 Å². The summed E-state index contributed by atoms with van der Waals surface area (Å²) in [5.41, 5.74) is 6.85. The molecule has 0 aliphatic rings. The van der Waals surface area contributed by atoms with Gasteiger partial charge in [-0.1, -0.05) is 101 Å². The van der Waals surface area contributed by atoms with Crippen LogP contribution < -0.4 is 5.73 Å². The predicted octanol–water partition coefficient (Wildman–Crippen LogP) is 5.97. The first-order valence-corrected chi connectivity index (χ1v) is 10.4. The molecule has 0 saturated heterocycles. The summed E-state index contributed by atoms with van der Waals surface area (Å²) in [7, 11) is 0. The summed E-state index contributed by atoms with van der Waals surface area (Å²) < 4.78 is 0. The molecule has 1 aromatic carbocycles. The maximum absolute atomic E-state index is 5.86. The minimum atomic E-state index is 0.317. The quantitative estimate of drug-likeness (QED) is 0.450. The number of rotatable bonds is 13. The zero-order valence-electron chi connectivity index (χ0n) is 16.3. The average molecular weight is 355 g/mol. The van der Waals surface area contributed by atoms with Gasteiger partial charge in [0.15, 0.2) is 5.82 Å². The molecule has 2 aromatic rings. The minimum absolute atomic E-state index is 0.317. The van der Waals surface area contributed by atoms with Gasteiger partial charge in [-0.2, -0.15) is 9.97 Å². The number of hydrogen-bond acceptors (Lipinski definition) is 4. The van der Waals surface area contributed by atoms with Gasteiger partial charge in [-0.3, -0.25) is 0 Å². The first-order chi connectivity index (χ1) is 12.8. The lowest BCUT2D eigenvalue weighted by Gasteiger charge is -2.05. The highest BCUT2D eigenvalue weighted by Crippen LogP contribution is 2.16. The number of nitrogens with two attached hydrogens (primary N) is 1. The second kappa shape index (κ2) is 12.4. The van der Waals surface area contributed by atoms with E-state index in [4.69, 9.17) is 5.73 Å². The molecule has 0 aliphatic heterocycles. The molecule has 0 fully saturated rings. The highest BCUT2D eigenvalue weighted by Gasteiger charge is 2.06. The average Bonchev–Trinajstić information content (AvgIpc) is 2.66. The number of benzene rings is 1. The molecule has 0 aliphatic carbocycles. The Kier molecular flexibility index (Phi) is 9.70. The van der Waals surface area contributed by atoms with Gasteiger partial charge in [0, 0.05) is 12.0 Å². The van der Waals surface area contributed by atoms with Crippen LogP contribution in [0.3, 0.4) is 0 Å². The fourth-order valence-corrected chi connectivity index (χ4v) is 3.21. The van der Waals surface area contributed by atoms with E-state index in [2.05, 4.69) is 21.9 Å². The van der Waals surface area contributed by atoms with Crippen LogP contribution in [0.15, 0.2) is 30.3 Å². The summed E-state index contributed by atoms with van der Waals surface area (Å²) in [6.07, 6.45) is 15.6. The lowest BCUT2D eigenvalue weighted by atomic mass is 10.1. The molecule has 2 rings (SSSR count). The van der Waals surface area contributed by atoms with Crippen LogP contribution in [0, 0.1) is 0 Å². The second-order valence-electron chi connectivity index (χ2n) is 7.09. The predicted molar refractivity (Wildman–Crippen MR) is 110 cm³/mol. The van der Waals surface area contributed by atoms with E-state index in [0.29, 0.717) is 11.8 Å². The molecule has 142 valence electrons. The molecule has 4 nitrogen and oxygen atoms in total. The van der Waals surface area contributed by atoms with E-state index < -0.39 is 0 Å². The van der Waals surface area contributed by atoms with Crippen molar-refractivity contribution in [3.8, 4) is 11.4 Å². The molecule has 0 radical (unpaired) electrons. The van der Waals surface area contributed by atoms with Gasteiger partial charge >= 0.3 is 0 Å². The Bertz CT molecular complexity index is 613. The van der Waals surface area contributed by atoms with Crippen LogP contribution in [0.5, 0.6) is 0 Å². The number of nitrogens with zero attached hydrogens (tertiary/aromatic N) is 3. The maximum atomic E-state index is 5.86. The minimum Gasteiger partial charge on any atom is -0.368 e. The van der Waals surface area contributed by atoms with Crippen LogP contribution in [0.1, 0.15) is 83.4 Å². The number of unbranched alkanes of at least 4 members (excludes halogenated alkanes) is 10. The van der Waals surface area contributed by atoms with E-state index in [1.165, 1.54) is 64.2 Å². The molecule has 26 heavy (non-hydrogen) atoms. The van der Waals surface area contributed by atoms with Gasteiger partial charge in [0.05, 0.1) is 0 Å². The van der Waals surface area contributed by atoms with E-state index in [9.17, 15) is 0 Å². The van der Waals surface area contributed by atoms with Crippen molar-refractivity contribution < 1.29 is 0 Å². The molecule has 0 amide bonds. The van der Waals surface area contributed by atoms with E-state index in [1.807, 2.05) is 30.3 Å². The lowest BCUT2D eigenvalue weighted by molar-refractivity contribution is 0.547. The van der Waals surface area contributed by atoms with Crippen molar-refractivity contribution in [1.82, 2.24) is 15.0 Å². The van der Waals surface area contributed by atoms with Crippen LogP contribution in [0.25, 0.3) is 11.4 Å². The first-order valence-electron chi connectivity index (χ1n) is 10.4. The van der Waals surface area contributed by atoms with Crippen LogP contribution in [0.2, 0.25) is 0 Å². The van der Waals surface area contributed by atoms with Crippen LogP contribution in [-0.2, 0) is 6.42 Å². The first kappa shape index (κ1) is 20.3. The Labute approximate surface area is 158 Å². The molecule has 2 N–H and O–H groups in total. The van der Waals surface area contributed by atoms with Crippen molar-refractivity contribution in [2.45, 2.75) is 84.0 Å². The molecule has 1 aromatic heterocycles. The van der Waals surface area contributed by atoms with E-state index in [1.54, 1.807) is 0 Å². The zero-order chi connectivity index (χ0) is 18.5. The zero-order valence-corrected chi connectivity index (χ0v) is 16.3. The van der Waals surface area contributed by atoms with Gasteiger partial charge < -0.3 is 5.73 Å². The lowest BCUT2D eigenvalue weighted by Crippen LogP contribution is -2.05. The number of aryl methyl sites for hydroxylation is 1. The van der Waals surface area contributed by atoms with Crippen LogP contribution in [-0.4, -0.2) is 15.0 Å². The second-order valence-corrected chi connectivity index (χ2v) is 7.09. The van der Waals surface area contributed by atoms with E-state index in [-0.39, 0.29) is 0 Å².